The van der Waals surface area contributed by atoms with Crippen LogP contribution in [0, 0.1) is 0 Å². The molecule has 0 N–H and O–H groups in total. The third kappa shape index (κ3) is 5.02. The SMILES string of the molecule is C[Si](C)(C)[c-]1ccc2ccccc21.Cl.Cl.Cl.[Ti]. The van der Waals surface area contributed by atoms with Crippen molar-refractivity contribution >= 4 is 61.3 Å². The van der Waals surface area contributed by atoms with Gasteiger partial charge in [-0.3, -0.25) is 0 Å². The van der Waals surface area contributed by atoms with E-state index in [9.17, 15) is 0 Å². The molecule has 5 heteroatoms. The average molecular weight is 345 g/mol. The molecule has 0 heterocycles. The molecule has 2 aromatic rings. The van der Waals surface area contributed by atoms with Crippen LogP contribution in [0.5, 0.6) is 0 Å². The minimum atomic E-state index is -1.15. The van der Waals surface area contributed by atoms with E-state index in [1.165, 1.54) is 10.8 Å². The largest absolute Gasteiger partial charge is 0.168 e. The Morgan fingerprint density at radius 1 is 0.882 bits per heavy atom. The minimum Gasteiger partial charge on any atom is -0.168 e. The zero-order valence-electron chi connectivity index (χ0n) is 10.2. The predicted molar refractivity (Wildman–Crippen MR) is 84.3 cm³/mol. The second kappa shape index (κ2) is 8.68. The molecule has 0 bridgehead atoms. The summed E-state index contributed by atoms with van der Waals surface area (Å²) < 4.78 is 0. The van der Waals surface area contributed by atoms with Gasteiger partial charge >= 0.3 is 0 Å². The first kappa shape index (κ1) is 22.8. The van der Waals surface area contributed by atoms with Crippen molar-refractivity contribution in [3.8, 4) is 0 Å². The van der Waals surface area contributed by atoms with Crippen LogP contribution in [0.15, 0.2) is 36.4 Å². The van der Waals surface area contributed by atoms with Crippen LogP contribution in [0.4, 0.5) is 0 Å². The number of rotatable bonds is 1. The summed E-state index contributed by atoms with van der Waals surface area (Å²) >= 11 is 0. The summed E-state index contributed by atoms with van der Waals surface area (Å²) in [4.78, 5) is 0. The Kier molecular flexibility index (Phi) is 11.6. The zero-order chi connectivity index (χ0) is 9.47. The van der Waals surface area contributed by atoms with E-state index in [1.807, 2.05) is 0 Å². The van der Waals surface area contributed by atoms with Crippen LogP contribution in [-0.2, 0) is 21.7 Å². The molecule has 0 aliphatic heterocycles. The Balaban J connectivity index is -0.000000490. The summed E-state index contributed by atoms with van der Waals surface area (Å²) in [6.07, 6.45) is 0. The Morgan fingerprint density at radius 3 is 1.94 bits per heavy atom. The summed E-state index contributed by atoms with van der Waals surface area (Å²) in [6, 6.07) is 13.2. The monoisotopic (exact) mass is 343 g/mol. The summed E-state index contributed by atoms with van der Waals surface area (Å²) in [5.74, 6) is 0. The van der Waals surface area contributed by atoms with Gasteiger partial charge < -0.3 is 0 Å². The molecule has 0 nitrogen and oxygen atoms in total. The van der Waals surface area contributed by atoms with Crippen molar-refractivity contribution in [1.29, 1.82) is 0 Å². The number of halogens is 3. The first-order valence-electron chi connectivity index (χ1n) is 4.74. The Bertz CT molecular complexity index is 434. The van der Waals surface area contributed by atoms with Gasteiger partial charge in [-0.05, 0) is 0 Å². The first-order valence-corrected chi connectivity index (χ1v) is 8.24. The fourth-order valence-electron chi connectivity index (χ4n) is 1.80. The molecular weight excluding hydrogens is 326 g/mol. The van der Waals surface area contributed by atoms with Crippen LogP contribution in [-0.4, -0.2) is 8.07 Å². The molecule has 0 saturated carbocycles. The van der Waals surface area contributed by atoms with Crippen molar-refractivity contribution in [3.05, 3.63) is 36.4 Å². The second-order valence-electron chi connectivity index (χ2n) is 4.58. The van der Waals surface area contributed by atoms with Crippen LogP contribution in [0.1, 0.15) is 0 Å². The maximum absolute atomic E-state index is 2.40. The van der Waals surface area contributed by atoms with Gasteiger partial charge in [0.2, 0.25) is 0 Å². The number of fused-ring (bicyclic) bond motifs is 1. The molecular formula is C12H18Cl3SiTi-. The van der Waals surface area contributed by atoms with Crippen molar-refractivity contribution in [1.82, 2.24) is 0 Å². The van der Waals surface area contributed by atoms with Gasteiger partial charge in [-0.1, -0.05) is 25.7 Å². The Labute approximate surface area is 138 Å². The predicted octanol–water partition coefficient (Wildman–Crippen LogP) is 4.37. The third-order valence-corrected chi connectivity index (χ3v) is 4.54. The maximum atomic E-state index is 2.40. The molecule has 0 radical (unpaired) electrons. The van der Waals surface area contributed by atoms with E-state index in [0.717, 1.165) is 0 Å². The van der Waals surface area contributed by atoms with Crippen molar-refractivity contribution in [3.63, 3.8) is 0 Å². The standard InChI is InChI=1S/C12H15Si.3ClH.Ti/c1-13(2,3)12-9-8-10-6-4-5-7-11(10)12;;;;/h4-9H,1-3H3;3*1H;/q-1;;;;. The fraction of sp³-hybridized carbons (Fsp3) is 0.250. The summed E-state index contributed by atoms with van der Waals surface area (Å²) in [5, 5.41) is 4.43. The topological polar surface area (TPSA) is 0 Å². The molecule has 17 heavy (non-hydrogen) atoms. The maximum Gasteiger partial charge on any atom is 0.0289 e. The first-order chi connectivity index (χ1) is 6.09. The minimum absolute atomic E-state index is 0. The van der Waals surface area contributed by atoms with E-state index in [-0.39, 0.29) is 58.9 Å². The molecule has 0 aliphatic carbocycles. The third-order valence-electron chi connectivity index (χ3n) is 2.49. The van der Waals surface area contributed by atoms with Gasteiger partial charge in [0.1, 0.15) is 0 Å². The molecule has 2 rings (SSSR count). The number of hydrogen-bond acceptors (Lipinski definition) is 0. The van der Waals surface area contributed by atoms with E-state index >= 15 is 0 Å². The van der Waals surface area contributed by atoms with E-state index < -0.39 is 8.07 Å². The van der Waals surface area contributed by atoms with Crippen molar-refractivity contribution in [2.45, 2.75) is 19.6 Å². The van der Waals surface area contributed by atoms with Gasteiger partial charge in [-0.2, -0.15) is 12.1 Å². The van der Waals surface area contributed by atoms with Gasteiger partial charge in [0.05, 0.1) is 0 Å². The van der Waals surface area contributed by atoms with E-state index in [2.05, 4.69) is 56.0 Å². The number of benzene rings is 1. The molecule has 0 amide bonds. The smallest absolute Gasteiger partial charge is 0.0289 e. The summed E-state index contributed by atoms with van der Waals surface area (Å²) in [5.41, 5.74) is 0. The number of hydrogen-bond donors (Lipinski definition) is 0. The molecule has 2 aromatic carbocycles. The van der Waals surface area contributed by atoms with Gasteiger partial charge in [0.15, 0.2) is 0 Å². The average Bonchev–Trinajstić information content (AvgIpc) is 2.45. The molecule has 0 saturated heterocycles. The Hall–Kier alpha value is 0.631. The summed E-state index contributed by atoms with van der Waals surface area (Å²) in [6.45, 7) is 7.19. The van der Waals surface area contributed by atoms with E-state index in [1.54, 1.807) is 5.19 Å². The molecule has 0 aliphatic rings. The Morgan fingerprint density at radius 2 is 1.41 bits per heavy atom. The van der Waals surface area contributed by atoms with Crippen LogP contribution >= 0.6 is 37.2 Å². The van der Waals surface area contributed by atoms with Crippen LogP contribution < -0.4 is 5.19 Å². The van der Waals surface area contributed by atoms with E-state index in [4.69, 9.17) is 0 Å². The molecule has 0 unspecified atom stereocenters. The fourth-order valence-corrected chi connectivity index (χ4v) is 3.42. The van der Waals surface area contributed by atoms with Crippen LogP contribution in [0.25, 0.3) is 10.8 Å². The normalized spacial score (nSPS) is 9.35. The van der Waals surface area contributed by atoms with Gasteiger partial charge in [0.25, 0.3) is 0 Å². The van der Waals surface area contributed by atoms with Crippen LogP contribution in [0.2, 0.25) is 19.6 Å². The van der Waals surface area contributed by atoms with Crippen molar-refractivity contribution in [2.24, 2.45) is 0 Å². The second-order valence-corrected chi connectivity index (χ2v) is 9.62. The van der Waals surface area contributed by atoms with Gasteiger partial charge in [-0.25, -0.2) is 0 Å². The van der Waals surface area contributed by atoms with Gasteiger partial charge in [-0.15, -0.1) is 71.4 Å². The van der Waals surface area contributed by atoms with Crippen molar-refractivity contribution < 1.29 is 21.7 Å². The van der Waals surface area contributed by atoms with Crippen molar-refractivity contribution in [2.75, 3.05) is 0 Å². The quantitative estimate of drug-likeness (QED) is 0.532. The molecule has 0 aromatic heterocycles. The molecule has 0 spiro atoms. The van der Waals surface area contributed by atoms with Crippen LogP contribution in [0.3, 0.4) is 0 Å². The zero-order valence-corrected chi connectivity index (χ0v) is 15.2. The molecule has 0 fully saturated rings. The van der Waals surface area contributed by atoms with E-state index in [0.29, 0.717) is 0 Å². The van der Waals surface area contributed by atoms with Gasteiger partial charge in [0, 0.05) is 29.8 Å². The molecule has 96 valence electrons. The molecule has 0 atom stereocenters. The summed E-state index contributed by atoms with van der Waals surface area (Å²) in [7, 11) is -1.15.